The molecule has 0 saturated carbocycles. The quantitative estimate of drug-likeness (QED) is 0.640. The van der Waals surface area contributed by atoms with Crippen LogP contribution in [-0.2, 0) is 23.6 Å². The predicted octanol–water partition coefficient (Wildman–Crippen LogP) is 1.04. The standard InChI is InChI=1S/C19H20N4O4/c1-5-10-27-18(25)13-11(2)21-16-15(14(13)12-6-8-20-9-7-12)17(24)23(4)19(26)22(16)3/h5-9,14,21H,1,10H2,2-4H3. The molecule has 1 atom stereocenters. The Morgan fingerprint density at radius 1 is 1.30 bits per heavy atom. The molecule has 27 heavy (non-hydrogen) atoms. The van der Waals surface area contributed by atoms with Gasteiger partial charge in [0, 0.05) is 32.2 Å². The largest absolute Gasteiger partial charge is 0.458 e. The van der Waals surface area contributed by atoms with Crippen molar-refractivity contribution in [3.05, 3.63) is 80.4 Å². The van der Waals surface area contributed by atoms with Crippen LogP contribution in [0.15, 0.2) is 58.0 Å². The van der Waals surface area contributed by atoms with E-state index in [0.29, 0.717) is 28.2 Å². The Morgan fingerprint density at radius 2 is 1.96 bits per heavy atom. The summed E-state index contributed by atoms with van der Waals surface area (Å²) in [5, 5.41) is 3.03. The van der Waals surface area contributed by atoms with Crippen LogP contribution in [0.2, 0.25) is 0 Å². The molecule has 0 spiro atoms. The van der Waals surface area contributed by atoms with E-state index in [0.717, 1.165) is 4.57 Å². The fourth-order valence-corrected chi connectivity index (χ4v) is 3.26. The van der Waals surface area contributed by atoms with Crippen LogP contribution in [0.25, 0.3) is 0 Å². The number of rotatable bonds is 4. The van der Waals surface area contributed by atoms with Crippen molar-refractivity contribution in [1.82, 2.24) is 14.1 Å². The van der Waals surface area contributed by atoms with E-state index in [1.165, 1.54) is 17.7 Å². The monoisotopic (exact) mass is 368 g/mol. The Kier molecular flexibility index (Phi) is 4.81. The molecule has 2 aromatic heterocycles. The lowest BCUT2D eigenvalue weighted by atomic mass is 9.82. The molecule has 0 aromatic carbocycles. The number of esters is 1. The Bertz CT molecular complexity index is 1060. The Balaban J connectivity index is 2.33. The summed E-state index contributed by atoms with van der Waals surface area (Å²) in [6, 6.07) is 3.47. The fraction of sp³-hybridized carbons (Fsp3) is 0.263. The molecule has 0 fully saturated rings. The van der Waals surface area contributed by atoms with Gasteiger partial charge in [0.2, 0.25) is 0 Å². The number of carbonyl (C=O) groups is 1. The summed E-state index contributed by atoms with van der Waals surface area (Å²) in [5.41, 5.74) is 0.914. The van der Waals surface area contributed by atoms with Crippen LogP contribution in [0.5, 0.6) is 0 Å². The lowest BCUT2D eigenvalue weighted by Gasteiger charge is -2.30. The van der Waals surface area contributed by atoms with E-state index < -0.39 is 23.1 Å². The lowest BCUT2D eigenvalue weighted by Crippen LogP contribution is -2.43. The molecule has 140 valence electrons. The second-order valence-electron chi connectivity index (χ2n) is 6.23. The number of pyridine rings is 1. The molecule has 3 heterocycles. The van der Waals surface area contributed by atoms with Crippen molar-refractivity contribution >= 4 is 11.8 Å². The van der Waals surface area contributed by atoms with Gasteiger partial charge < -0.3 is 10.1 Å². The van der Waals surface area contributed by atoms with Gasteiger partial charge in [0.15, 0.2) is 0 Å². The Morgan fingerprint density at radius 3 is 2.59 bits per heavy atom. The summed E-state index contributed by atoms with van der Waals surface area (Å²) < 4.78 is 7.64. The molecule has 0 aliphatic carbocycles. The number of nitrogens with zero attached hydrogens (tertiary/aromatic N) is 3. The van der Waals surface area contributed by atoms with Gasteiger partial charge in [0.1, 0.15) is 12.4 Å². The SMILES string of the molecule is C=CCOC(=O)C1=C(C)Nc2c(c(=O)n(C)c(=O)n2C)C1c1ccncc1. The van der Waals surface area contributed by atoms with Gasteiger partial charge in [-0.2, -0.15) is 0 Å². The molecule has 1 N–H and O–H groups in total. The number of allylic oxidation sites excluding steroid dienone is 1. The van der Waals surface area contributed by atoms with Crippen LogP contribution in [-0.4, -0.2) is 26.7 Å². The third-order valence-corrected chi connectivity index (χ3v) is 4.58. The first-order valence-electron chi connectivity index (χ1n) is 8.34. The van der Waals surface area contributed by atoms with Gasteiger partial charge >= 0.3 is 11.7 Å². The normalized spacial score (nSPS) is 15.7. The van der Waals surface area contributed by atoms with E-state index in [4.69, 9.17) is 4.74 Å². The first-order valence-corrected chi connectivity index (χ1v) is 8.34. The molecule has 8 nitrogen and oxygen atoms in total. The van der Waals surface area contributed by atoms with Crippen LogP contribution in [0.1, 0.15) is 24.0 Å². The van der Waals surface area contributed by atoms with E-state index in [9.17, 15) is 14.4 Å². The maximum Gasteiger partial charge on any atom is 0.337 e. The third kappa shape index (κ3) is 2.99. The topological polar surface area (TPSA) is 95.2 Å². The van der Waals surface area contributed by atoms with Crippen LogP contribution >= 0.6 is 0 Å². The number of nitrogens with one attached hydrogen (secondary N) is 1. The van der Waals surface area contributed by atoms with Gasteiger partial charge in [-0.1, -0.05) is 12.7 Å². The lowest BCUT2D eigenvalue weighted by molar-refractivity contribution is -0.138. The van der Waals surface area contributed by atoms with Gasteiger partial charge in [-0.15, -0.1) is 0 Å². The van der Waals surface area contributed by atoms with Gasteiger partial charge in [-0.3, -0.25) is 18.9 Å². The summed E-state index contributed by atoms with van der Waals surface area (Å²) in [5.74, 6) is -0.877. The number of carbonyl (C=O) groups excluding carboxylic acids is 1. The summed E-state index contributed by atoms with van der Waals surface area (Å²) in [6.45, 7) is 5.31. The molecule has 0 amide bonds. The maximum atomic E-state index is 13.0. The minimum atomic E-state index is -0.688. The first kappa shape index (κ1) is 18.4. The molecule has 0 bridgehead atoms. The second-order valence-corrected chi connectivity index (χ2v) is 6.23. The molecule has 1 aliphatic heterocycles. The Labute approximate surface area is 155 Å². The molecule has 1 unspecified atom stereocenters. The second kappa shape index (κ2) is 7.06. The van der Waals surface area contributed by atoms with E-state index in [-0.39, 0.29) is 6.61 Å². The van der Waals surface area contributed by atoms with E-state index in [1.807, 2.05) is 0 Å². The van der Waals surface area contributed by atoms with Crippen molar-refractivity contribution in [2.24, 2.45) is 14.1 Å². The van der Waals surface area contributed by atoms with Gasteiger partial charge in [-0.25, -0.2) is 9.59 Å². The van der Waals surface area contributed by atoms with Crippen molar-refractivity contribution in [3.63, 3.8) is 0 Å². The summed E-state index contributed by atoms with van der Waals surface area (Å²) in [7, 11) is 2.99. The predicted molar refractivity (Wildman–Crippen MR) is 100 cm³/mol. The van der Waals surface area contributed by atoms with Crippen LogP contribution in [0.3, 0.4) is 0 Å². The third-order valence-electron chi connectivity index (χ3n) is 4.58. The molecule has 2 aromatic rings. The molecular formula is C19H20N4O4. The van der Waals surface area contributed by atoms with Crippen molar-refractivity contribution in [3.8, 4) is 0 Å². The number of anilines is 1. The molecule has 0 saturated heterocycles. The van der Waals surface area contributed by atoms with Crippen LogP contribution in [0, 0.1) is 0 Å². The number of ether oxygens (including phenoxy) is 1. The number of hydrogen-bond acceptors (Lipinski definition) is 6. The minimum Gasteiger partial charge on any atom is -0.458 e. The fourth-order valence-electron chi connectivity index (χ4n) is 3.26. The van der Waals surface area contributed by atoms with Crippen molar-refractivity contribution in [2.45, 2.75) is 12.8 Å². The molecule has 3 rings (SSSR count). The van der Waals surface area contributed by atoms with E-state index >= 15 is 0 Å². The van der Waals surface area contributed by atoms with Crippen LogP contribution in [0.4, 0.5) is 5.82 Å². The van der Waals surface area contributed by atoms with Crippen molar-refractivity contribution < 1.29 is 9.53 Å². The number of fused-ring (bicyclic) bond motifs is 1. The zero-order chi connectivity index (χ0) is 19.7. The Hall–Kier alpha value is -3.42. The van der Waals surface area contributed by atoms with Crippen molar-refractivity contribution in [1.29, 1.82) is 0 Å². The molecule has 1 aliphatic rings. The maximum absolute atomic E-state index is 13.0. The summed E-state index contributed by atoms with van der Waals surface area (Å²) >= 11 is 0. The first-order chi connectivity index (χ1) is 12.9. The molecular weight excluding hydrogens is 348 g/mol. The molecule has 8 heteroatoms. The number of hydrogen-bond donors (Lipinski definition) is 1. The zero-order valence-electron chi connectivity index (χ0n) is 15.4. The average molecular weight is 368 g/mol. The summed E-state index contributed by atoms with van der Waals surface area (Å²) in [6.07, 6.45) is 4.65. The van der Waals surface area contributed by atoms with Gasteiger partial charge in [0.25, 0.3) is 5.56 Å². The van der Waals surface area contributed by atoms with Crippen molar-refractivity contribution in [2.75, 3.05) is 11.9 Å². The number of aromatic nitrogens is 3. The van der Waals surface area contributed by atoms with Gasteiger partial charge in [-0.05, 0) is 24.6 Å². The van der Waals surface area contributed by atoms with Crippen LogP contribution < -0.4 is 16.6 Å². The summed E-state index contributed by atoms with van der Waals surface area (Å²) in [4.78, 5) is 42.0. The smallest absolute Gasteiger partial charge is 0.337 e. The highest BCUT2D eigenvalue weighted by Gasteiger charge is 2.37. The zero-order valence-corrected chi connectivity index (χ0v) is 15.4. The van der Waals surface area contributed by atoms with Gasteiger partial charge in [0.05, 0.1) is 17.1 Å². The highest BCUT2D eigenvalue weighted by Crippen LogP contribution is 2.39. The minimum absolute atomic E-state index is 0.0524. The molecule has 0 radical (unpaired) electrons. The van der Waals surface area contributed by atoms with E-state index in [2.05, 4.69) is 16.9 Å². The highest BCUT2D eigenvalue weighted by atomic mass is 16.5. The van der Waals surface area contributed by atoms with E-state index in [1.54, 1.807) is 38.5 Å². The average Bonchev–Trinajstić information content (AvgIpc) is 2.68. The highest BCUT2D eigenvalue weighted by molar-refractivity contribution is 5.94.